The minimum Gasteiger partial charge on any atom is -0.351 e. The Hall–Kier alpha value is -0.700. The average Bonchev–Trinajstić information content (AvgIpc) is 2.01. The molecule has 0 saturated heterocycles. The van der Waals surface area contributed by atoms with Gasteiger partial charge < -0.3 is 9.47 Å². The zero-order valence-corrected chi connectivity index (χ0v) is 6.87. The van der Waals surface area contributed by atoms with E-state index in [0.29, 0.717) is 13.2 Å². The highest BCUT2D eigenvalue weighted by molar-refractivity contribution is 5.32. The fourth-order valence-electron chi connectivity index (χ4n) is 0.637. The second-order valence-electron chi connectivity index (χ2n) is 1.77. The number of isocyanates is 1. The van der Waals surface area contributed by atoms with Crippen molar-refractivity contribution in [1.82, 2.24) is 0 Å². The van der Waals surface area contributed by atoms with E-state index in [2.05, 4.69) is 4.99 Å². The van der Waals surface area contributed by atoms with Crippen LogP contribution < -0.4 is 0 Å². The van der Waals surface area contributed by atoms with Crippen molar-refractivity contribution in [3.63, 3.8) is 0 Å². The Morgan fingerprint density at radius 1 is 1.36 bits per heavy atom. The van der Waals surface area contributed by atoms with Crippen LogP contribution in [0.4, 0.5) is 0 Å². The Kier molecular flexibility index (Phi) is 6.94. The molecular weight excluding hydrogens is 146 g/mol. The van der Waals surface area contributed by atoms with Crippen molar-refractivity contribution < 1.29 is 14.3 Å². The number of hydrogen-bond donors (Lipinski definition) is 0. The third kappa shape index (κ3) is 5.73. The van der Waals surface area contributed by atoms with Gasteiger partial charge in [-0.25, -0.2) is 9.79 Å². The van der Waals surface area contributed by atoms with E-state index in [-0.39, 0.29) is 6.54 Å². The third-order valence-corrected chi connectivity index (χ3v) is 1.01. The number of hydrogen-bond acceptors (Lipinski definition) is 4. The first kappa shape index (κ1) is 10.3. The van der Waals surface area contributed by atoms with Crippen molar-refractivity contribution in [2.75, 3.05) is 19.8 Å². The highest BCUT2D eigenvalue weighted by Gasteiger charge is 2.04. The Labute approximate surface area is 66.2 Å². The van der Waals surface area contributed by atoms with Crippen LogP contribution in [0.25, 0.3) is 0 Å². The summed E-state index contributed by atoms with van der Waals surface area (Å²) in [5.74, 6) is 0. The van der Waals surface area contributed by atoms with Gasteiger partial charge in [0.25, 0.3) is 0 Å². The van der Waals surface area contributed by atoms with Crippen LogP contribution in [0.2, 0.25) is 0 Å². The fourth-order valence-corrected chi connectivity index (χ4v) is 0.637. The monoisotopic (exact) mass is 159 g/mol. The second kappa shape index (κ2) is 7.41. The highest BCUT2D eigenvalue weighted by atomic mass is 16.7. The molecule has 0 bridgehead atoms. The zero-order chi connectivity index (χ0) is 8.53. The van der Waals surface area contributed by atoms with E-state index in [1.165, 1.54) is 6.08 Å². The maximum Gasteiger partial charge on any atom is 0.235 e. The van der Waals surface area contributed by atoms with Crippen LogP contribution >= 0.6 is 0 Å². The number of ether oxygens (including phenoxy) is 2. The van der Waals surface area contributed by atoms with Crippen LogP contribution in [0.5, 0.6) is 0 Å². The first-order valence-electron chi connectivity index (χ1n) is 3.62. The van der Waals surface area contributed by atoms with Crippen LogP contribution in [0.1, 0.15) is 13.8 Å². The van der Waals surface area contributed by atoms with Crippen LogP contribution in [-0.2, 0) is 14.3 Å². The van der Waals surface area contributed by atoms with E-state index in [1.54, 1.807) is 0 Å². The Morgan fingerprint density at radius 2 is 1.91 bits per heavy atom. The van der Waals surface area contributed by atoms with Crippen LogP contribution in [-0.4, -0.2) is 32.1 Å². The third-order valence-electron chi connectivity index (χ3n) is 1.01. The van der Waals surface area contributed by atoms with Crippen molar-refractivity contribution in [1.29, 1.82) is 0 Å². The first-order valence-corrected chi connectivity index (χ1v) is 3.62. The van der Waals surface area contributed by atoms with Crippen LogP contribution in [0.3, 0.4) is 0 Å². The quantitative estimate of drug-likeness (QED) is 0.326. The molecule has 0 spiro atoms. The molecule has 0 aliphatic heterocycles. The molecule has 0 aliphatic carbocycles. The van der Waals surface area contributed by atoms with Crippen molar-refractivity contribution in [2.24, 2.45) is 4.99 Å². The molecule has 0 aliphatic rings. The lowest BCUT2D eigenvalue weighted by atomic mass is 10.6. The largest absolute Gasteiger partial charge is 0.351 e. The molecule has 64 valence electrons. The second-order valence-corrected chi connectivity index (χ2v) is 1.77. The maximum absolute atomic E-state index is 9.72. The fraction of sp³-hybridized carbons (Fsp3) is 0.857. The predicted octanol–water partition coefficient (Wildman–Crippen LogP) is 0.721. The molecular formula is C7H13NO3. The summed E-state index contributed by atoms with van der Waals surface area (Å²) >= 11 is 0. The van der Waals surface area contributed by atoms with E-state index < -0.39 is 6.29 Å². The first-order chi connectivity index (χ1) is 5.35. The van der Waals surface area contributed by atoms with Gasteiger partial charge in [0.05, 0.1) is 0 Å². The van der Waals surface area contributed by atoms with Gasteiger partial charge in [0, 0.05) is 13.2 Å². The predicted molar refractivity (Wildman–Crippen MR) is 40.0 cm³/mol. The molecule has 0 heterocycles. The summed E-state index contributed by atoms with van der Waals surface area (Å²) in [6.45, 7) is 5.05. The lowest BCUT2D eigenvalue weighted by molar-refractivity contribution is -0.128. The van der Waals surface area contributed by atoms with Gasteiger partial charge in [-0.05, 0) is 13.8 Å². The lowest BCUT2D eigenvalue weighted by Crippen LogP contribution is -2.20. The van der Waals surface area contributed by atoms with Gasteiger partial charge in [0.15, 0.2) is 6.29 Å². The molecule has 0 unspecified atom stereocenters. The van der Waals surface area contributed by atoms with Crippen molar-refractivity contribution in [2.45, 2.75) is 20.1 Å². The minimum absolute atomic E-state index is 0.227. The highest BCUT2D eigenvalue weighted by Crippen LogP contribution is 1.94. The summed E-state index contributed by atoms with van der Waals surface area (Å²) in [6, 6.07) is 0. The number of rotatable bonds is 6. The zero-order valence-electron chi connectivity index (χ0n) is 6.87. The molecule has 0 aromatic rings. The SMILES string of the molecule is CCOC(CN=C=O)OCC. The van der Waals surface area contributed by atoms with Gasteiger partial charge in [-0.2, -0.15) is 0 Å². The van der Waals surface area contributed by atoms with Gasteiger partial charge in [-0.3, -0.25) is 0 Å². The molecule has 11 heavy (non-hydrogen) atoms. The molecule has 0 atom stereocenters. The van der Waals surface area contributed by atoms with Gasteiger partial charge >= 0.3 is 0 Å². The summed E-state index contributed by atoms with van der Waals surface area (Å²) < 4.78 is 10.2. The van der Waals surface area contributed by atoms with Gasteiger partial charge in [0.2, 0.25) is 6.08 Å². The van der Waals surface area contributed by atoms with Gasteiger partial charge in [-0.15, -0.1) is 0 Å². The topological polar surface area (TPSA) is 47.9 Å². The average molecular weight is 159 g/mol. The Balaban J connectivity index is 3.58. The van der Waals surface area contributed by atoms with Crippen LogP contribution in [0, 0.1) is 0 Å². The molecule has 0 aromatic carbocycles. The van der Waals surface area contributed by atoms with Crippen LogP contribution in [0.15, 0.2) is 4.99 Å². The maximum atomic E-state index is 9.72. The van der Waals surface area contributed by atoms with E-state index in [9.17, 15) is 4.79 Å². The number of aliphatic imine (C=N–C) groups is 1. The number of nitrogens with zero attached hydrogens (tertiary/aromatic N) is 1. The molecule has 4 heteroatoms. The molecule has 4 nitrogen and oxygen atoms in total. The molecule has 0 saturated carbocycles. The van der Waals surface area contributed by atoms with E-state index >= 15 is 0 Å². The summed E-state index contributed by atoms with van der Waals surface area (Å²) in [4.78, 5) is 13.1. The van der Waals surface area contributed by atoms with Crippen molar-refractivity contribution >= 4 is 6.08 Å². The van der Waals surface area contributed by atoms with Crippen molar-refractivity contribution in [3.8, 4) is 0 Å². The Morgan fingerprint density at radius 3 is 2.27 bits per heavy atom. The molecule has 0 N–H and O–H groups in total. The Bertz CT molecular complexity index is 126. The molecule has 0 rings (SSSR count). The molecule has 0 fully saturated rings. The molecule has 0 amide bonds. The normalized spacial score (nSPS) is 9.73. The summed E-state index contributed by atoms with van der Waals surface area (Å²) in [6.07, 6.45) is 1.03. The van der Waals surface area contributed by atoms with E-state index in [0.717, 1.165) is 0 Å². The number of carbonyl (C=O) groups excluding carboxylic acids is 1. The smallest absolute Gasteiger partial charge is 0.235 e. The summed E-state index contributed by atoms with van der Waals surface area (Å²) in [5.41, 5.74) is 0. The van der Waals surface area contributed by atoms with E-state index in [1.807, 2.05) is 13.8 Å². The standard InChI is InChI=1S/C7H13NO3/c1-3-10-7(11-4-2)5-8-6-9/h7H,3-5H2,1-2H3. The molecule has 0 radical (unpaired) electrons. The minimum atomic E-state index is -0.397. The van der Waals surface area contributed by atoms with Gasteiger partial charge in [0.1, 0.15) is 6.54 Å². The van der Waals surface area contributed by atoms with E-state index in [4.69, 9.17) is 9.47 Å². The lowest BCUT2D eigenvalue weighted by Gasteiger charge is -2.12. The van der Waals surface area contributed by atoms with Crippen molar-refractivity contribution in [3.05, 3.63) is 0 Å². The summed E-state index contributed by atoms with van der Waals surface area (Å²) in [5, 5.41) is 0. The van der Waals surface area contributed by atoms with Gasteiger partial charge in [-0.1, -0.05) is 0 Å². The summed E-state index contributed by atoms with van der Waals surface area (Å²) in [7, 11) is 0. The molecule has 0 aromatic heterocycles.